The van der Waals surface area contributed by atoms with E-state index in [1.54, 1.807) is 0 Å². The minimum atomic E-state index is 1.02. The van der Waals surface area contributed by atoms with Gasteiger partial charge in [-0.2, -0.15) is 0 Å². The maximum Gasteiger partial charge on any atom is 0.471 e. The highest BCUT2D eigenvalue weighted by Gasteiger charge is 2.07. The second-order valence-electron chi connectivity index (χ2n) is 1.82. The van der Waals surface area contributed by atoms with Gasteiger partial charge in [0.25, 0.3) is 12.0 Å². The molecule has 0 atom stereocenters. The summed E-state index contributed by atoms with van der Waals surface area (Å²) >= 11 is 0. The van der Waals surface area contributed by atoms with Crippen LogP contribution >= 0.6 is 0 Å². The fourth-order valence-electron chi connectivity index (χ4n) is 0.718. The molecule has 1 N–H and O–H groups in total. The highest BCUT2D eigenvalue weighted by molar-refractivity contribution is 4.74. The summed E-state index contributed by atoms with van der Waals surface area (Å²) in [5.41, 5.74) is 1.23. The van der Waals surface area contributed by atoms with E-state index in [4.69, 9.17) is 0 Å². The van der Waals surface area contributed by atoms with Gasteiger partial charge < -0.3 is 4.42 Å². The van der Waals surface area contributed by atoms with Crippen LogP contribution in [0.25, 0.3) is 0 Å². The highest BCUT2D eigenvalue weighted by Crippen LogP contribution is 1.86. The minimum absolute atomic E-state index is 1.02. The van der Waals surface area contributed by atoms with Crippen LogP contribution in [0.1, 0.15) is 12.6 Å². The second kappa shape index (κ2) is 1.99. The minimum Gasteiger partial charge on any atom is -0.504 e. The van der Waals surface area contributed by atoms with E-state index in [1.165, 1.54) is 5.69 Å². The van der Waals surface area contributed by atoms with Crippen LogP contribution in [0.15, 0.2) is 17.1 Å². The van der Waals surface area contributed by atoms with E-state index in [0.29, 0.717) is 0 Å². The van der Waals surface area contributed by atoms with Gasteiger partial charge in [-0.15, -0.1) is 4.57 Å². The monoisotopic (exact) mass is 113 g/mol. The Hall–Kier alpha value is -0.790. The van der Waals surface area contributed by atoms with Gasteiger partial charge in [-0.25, -0.2) is 0 Å². The average Bonchev–Trinajstić information content (AvgIpc) is 2.14. The van der Waals surface area contributed by atoms with Crippen molar-refractivity contribution in [3.05, 3.63) is 18.4 Å². The standard InChI is InChI=1S/C6H10NO/c1-3-7-5-8-4-6(7)2/h4-5H,3H2,1-2H3/q+1/p+1. The molecule has 1 aromatic heterocycles. The molecule has 0 saturated heterocycles. The Kier molecular flexibility index (Phi) is 1.33. The van der Waals surface area contributed by atoms with Crippen molar-refractivity contribution < 1.29 is 8.98 Å². The molecule has 0 amide bonds. The molecular weight excluding hydrogens is 102 g/mol. The Morgan fingerprint density at radius 3 is 2.75 bits per heavy atom. The van der Waals surface area contributed by atoms with Crippen LogP contribution in [0.3, 0.4) is 0 Å². The maximum atomic E-state index is 3.96. The molecule has 44 valence electrons. The molecular formula is C6H11NO+2. The molecule has 0 aliphatic rings. The Labute approximate surface area is 48.8 Å². The average molecular weight is 113 g/mol. The topological polar surface area (TPSA) is 16.7 Å². The van der Waals surface area contributed by atoms with Gasteiger partial charge in [0.15, 0.2) is 6.54 Å². The Morgan fingerprint density at radius 2 is 2.50 bits per heavy atom. The Balaban J connectivity index is 2.92. The van der Waals surface area contributed by atoms with Crippen LogP contribution in [0.5, 0.6) is 0 Å². The van der Waals surface area contributed by atoms with Crippen molar-refractivity contribution in [1.29, 1.82) is 0 Å². The van der Waals surface area contributed by atoms with Crippen molar-refractivity contribution in [2.45, 2.75) is 20.4 Å². The van der Waals surface area contributed by atoms with Gasteiger partial charge in [0.05, 0.1) is 0 Å². The van der Waals surface area contributed by atoms with Gasteiger partial charge in [0.2, 0.25) is 0 Å². The molecule has 0 unspecified atom stereocenters. The van der Waals surface area contributed by atoms with E-state index in [9.17, 15) is 0 Å². The third-order valence-electron chi connectivity index (χ3n) is 1.26. The predicted octanol–water partition coefficient (Wildman–Crippen LogP) is 1.01. The summed E-state index contributed by atoms with van der Waals surface area (Å²) in [6, 6.07) is 0. The van der Waals surface area contributed by atoms with Gasteiger partial charge in [0.1, 0.15) is 0 Å². The van der Waals surface area contributed by atoms with Crippen LogP contribution in [0.4, 0.5) is 0 Å². The van der Waals surface area contributed by atoms with E-state index in [0.717, 1.165) is 6.54 Å². The molecule has 0 bridgehead atoms. The summed E-state index contributed by atoms with van der Waals surface area (Å²) in [5.74, 6) is 0. The van der Waals surface area contributed by atoms with E-state index < -0.39 is 0 Å². The molecule has 1 aromatic rings. The fraction of sp³-hybridized carbons (Fsp3) is 0.500. The summed E-state index contributed by atoms with van der Waals surface area (Å²) < 4.78 is 6.05. The molecule has 1 rings (SSSR count). The largest absolute Gasteiger partial charge is 0.504 e. The molecule has 0 aliphatic heterocycles. The zero-order chi connectivity index (χ0) is 5.98. The fourth-order valence-corrected chi connectivity index (χ4v) is 0.718. The third-order valence-corrected chi connectivity index (χ3v) is 1.26. The van der Waals surface area contributed by atoms with E-state index in [-0.39, 0.29) is 0 Å². The molecule has 0 radical (unpaired) electrons. The first-order chi connectivity index (χ1) is 3.84. The Morgan fingerprint density at radius 1 is 1.75 bits per heavy atom. The first-order valence-corrected chi connectivity index (χ1v) is 2.81. The summed E-state index contributed by atoms with van der Waals surface area (Å²) in [4.78, 5) is 0. The molecule has 2 nitrogen and oxygen atoms in total. The van der Waals surface area contributed by atoms with Gasteiger partial charge in [-0.3, -0.25) is 0 Å². The summed E-state index contributed by atoms with van der Waals surface area (Å²) in [5, 5.41) is 0. The van der Waals surface area contributed by atoms with Crippen LogP contribution in [-0.2, 0) is 6.54 Å². The van der Waals surface area contributed by atoms with Gasteiger partial charge in [0, 0.05) is 6.92 Å². The van der Waals surface area contributed by atoms with Crippen molar-refractivity contribution >= 4 is 0 Å². The van der Waals surface area contributed by atoms with Gasteiger partial charge >= 0.3 is 6.39 Å². The van der Waals surface area contributed by atoms with Crippen LogP contribution in [0, 0.1) is 6.92 Å². The summed E-state index contributed by atoms with van der Waals surface area (Å²) in [6.45, 7) is 5.18. The first kappa shape index (κ1) is 5.35. The van der Waals surface area contributed by atoms with Crippen LogP contribution in [0.2, 0.25) is 0 Å². The van der Waals surface area contributed by atoms with Crippen molar-refractivity contribution in [2.24, 2.45) is 0 Å². The number of rotatable bonds is 1. The lowest BCUT2D eigenvalue weighted by Crippen LogP contribution is -2.31. The Bertz CT molecular complexity index is 169. The number of oxazole rings is 1. The number of nitrogens with zero attached hydrogens (tertiary/aromatic N) is 1. The molecule has 0 aliphatic carbocycles. The zero-order valence-corrected chi connectivity index (χ0v) is 5.26. The SMILES string of the molecule is CC[n+]1c[oH+]cc1C. The van der Waals surface area contributed by atoms with E-state index >= 15 is 0 Å². The van der Waals surface area contributed by atoms with Crippen molar-refractivity contribution in [3.63, 3.8) is 0 Å². The van der Waals surface area contributed by atoms with E-state index in [2.05, 4.69) is 22.8 Å². The maximum absolute atomic E-state index is 3.96. The number of hydrogen-bond donors (Lipinski definition) is 0. The molecule has 0 spiro atoms. The lowest BCUT2D eigenvalue weighted by atomic mass is 10.5. The number of aromatic nitrogens is 1. The normalized spacial score (nSPS) is 9.75. The molecule has 0 saturated carbocycles. The third kappa shape index (κ3) is 0.735. The molecule has 0 aromatic carbocycles. The van der Waals surface area contributed by atoms with Crippen LogP contribution < -0.4 is 4.57 Å². The van der Waals surface area contributed by atoms with E-state index in [1.807, 2.05) is 12.7 Å². The predicted molar refractivity (Wildman–Crippen MR) is 30.4 cm³/mol. The van der Waals surface area contributed by atoms with Gasteiger partial charge in [-0.05, 0) is 6.92 Å². The van der Waals surface area contributed by atoms with Crippen LogP contribution in [-0.4, -0.2) is 0 Å². The summed E-state index contributed by atoms with van der Waals surface area (Å²) in [7, 11) is 0. The zero-order valence-electron chi connectivity index (χ0n) is 5.26. The molecule has 0 fully saturated rings. The van der Waals surface area contributed by atoms with Crippen molar-refractivity contribution in [2.75, 3.05) is 0 Å². The van der Waals surface area contributed by atoms with Gasteiger partial charge in [-0.1, -0.05) is 0 Å². The first-order valence-electron chi connectivity index (χ1n) is 2.81. The number of hydrogen-bond acceptors (Lipinski definition) is 0. The quantitative estimate of drug-likeness (QED) is 0.382. The molecule has 8 heavy (non-hydrogen) atoms. The number of aryl methyl sites for hydroxylation is 2. The smallest absolute Gasteiger partial charge is 0.471 e. The second-order valence-corrected chi connectivity index (χ2v) is 1.82. The summed E-state index contributed by atoms with van der Waals surface area (Å²) in [6.07, 6.45) is 3.71. The molecule has 1 heterocycles. The van der Waals surface area contributed by atoms with Crippen molar-refractivity contribution in [3.8, 4) is 0 Å². The lowest BCUT2D eigenvalue weighted by molar-refractivity contribution is -0.702. The lowest BCUT2D eigenvalue weighted by Gasteiger charge is -1.75. The molecule has 2 heteroatoms. The van der Waals surface area contributed by atoms with Crippen molar-refractivity contribution in [1.82, 2.24) is 0 Å². The highest BCUT2D eigenvalue weighted by atomic mass is 16.3.